The van der Waals surface area contributed by atoms with E-state index < -0.39 is 11.1 Å². The molecule has 1 heterocycles. The van der Waals surface area contributed by atoms with Gasteiger partial charge in [-0.3, -0.25) is 0 Å². The number of aliphatic hydroxyl groups is 1. The molecule has 2 rings (SSSR count). The molecule has 2 N–H and O–H groups in total. The van der Waals surface area contributed by atoms with Crippen LogP contribution < -0.4 is 5.32 Å². The van der Waals surface area contributed by atoms with Crippen molar-refractivity contribution >= 4 is 17.4 Å². The first kappa shape index (κ1) is 13.6. The third-order valence-electron chi connectivity index (χ3n) is 3.62. The average molecular weight is 270 g/mol. The van der Waals surface area contributed by atoms with E-state index in [4.69, 9.17) is 11.6 Å². The van der Waals surface area contributed by atoms with Crippen LogP contribution in [0.15, 0.2) is 6.07 Å². The lowest BCUT2D eigenvalue weighted by atomic mass is 9.86. The van der Waals surface area contributed by atoms with E-state index in [1.54, 1.807) is 19.9 Å². The summed E-state index contributed by atoms with van der Waals surface area (Å²) in [6.07, 6.45) is 2.27. The van der Waals surface area contributed by atoms with Crippen molar-refractivity contribution < 1.29 is 5.11 Å². The second-order valence-electron chi connectivity index (χ2n) is 6.02. The van der Waals surface area contributed by atoms with Crippen molar-refractivity contribution in [2.24, 2.45) is 0 Å². The van der Waals surface area contributed by atoms with Gasteiger partial charge < -0.3 is 10.4 Å². The topological polar surface area (TPSA) is 58.0 Å². The monoisotopic (exact) mass is 269 g/mol. The zero-order chi connectivity index (χ0) is 13.6. The van der Waals surface area contributed by atoms with Crippen LogP contribution in [0.1, 0.15) is 52.3 Å². The van der Waals surface area contributed by atoms with Gasteiger partial charge >= 0.3 is 0 Å². The highest BCUT2D eigenvalue weighted by atomic mass is 35.5. The molecular formula is C13H20ClN3O. The highest BCUT2D eigenvalue weighted by Gasteiger charge is 2.35. The van der Waals surface area contributed by atoms with Crippen molar-refractivity contribution in [1.29, 1.82) is 0 Å². The van der Waals surface area contributed by atoms with Gasteiger partial charge in [-0.1, -0.05) is 11.6 Å². The molecule has 1 saturated carbocycles. The highest BCUT2D eigenvalue weighted by Crippen LogP contribution is 2.39. The Balaban J connectivity index is 2.23. The van der Waals surface area contributed by atoms with Crippen molar-refractivity contribution in [2.75, 3.05) is 5.32 Å². The van der Waals surface area contributed by atoms with Crippen LogP contribution in [0.4, 0.5) is 5.82 Å². The summed E-state index contributed by atoms with van der Waals surface area (Å²) in [5.74, 6) is 1.93. The Bertz CT molecular complexity index is 450. The number of halogens is 1. The lowest BCUT2D eigenvalue weighted by Gasteiger charge is -2.38. The molecule has 1 fully saturated rings. The largest absolute Gasteiger partial charge is 0.388 e. The van der Waals surface area contributed by atoms with Gasteiger partial charge in [0.1, 0.15) is 16.8 Å². The minimum Gasteiger partial charge on any atom is -0.388 e. The van der Waals surface area contributed by atoms with Crippen molar-refractivity contribution in [3.63, 3.8) is 0 Å². The number of anilines is 1. The number of nitrogens with one attached hydrogen (secondary N) is 1. The highest BCUT2D eigenvalue weighted by molar-refractivity contribution is 6.29. The Kier molecular flexibility index (Phi) is 3.28. The van der Waals surface area contributed by atoms with Crippen molar-refractivity contribution in [3.05, 3.63) is 17.0 Å². The van der Waals surface area contributed by atoms with Crippen LogP contribution in [-0.2, 0) is 0 Å². The maximum absolute atomic E-state index is 10.1. The van der Waals surface area contributed by atoms with Crippen LogP contribution >= 0.6 is 11.6 Å². The van der Waals surface area contributed by atoms with Crippen molar-refractivity contribution in [3.8, 4) is 0 Å². The molecule has 0 aliphatic heterocycles. The number of rotatable bonds is 4. The molecule has 5 heteroatoms. The summed E-state index contributed by atoms with van der Waals surface area (Å²) in [6.45, 7) is 7.40. The molecule has 0 amide bonds. The molecule has 0 aromatic carbocycles. The number of hydrogen-bond donors (Lipinski definition) is 2. The predicted molar refractivity (Wildman–Crippen MR) is 73.0 cm³/mol. The van der Waals surface area contributed by atoms with Crippen molar-refractivity contribution in [1.82, 2.24) is 9.97 Å². The van der Waals surface area contributed by atoms with Gasteiger partial charge in [-0.05, 0) is 40.5 Å². The fourth-order valence-electron chi connectivity index (χ4n) is 1.50. The molecule has 1 aromatic rings. The molecule has 1 aromatic heterocycles. The molecule has 0 unspecified atom stereocenters. The molecular weight excluding hydrogens is 250 g/mol. The fraction of sp³-hybridized carbons (Fsp3) is 0.692. The summed E-state index contributed by atoms with van der Waals surface area (Å²) in [5, 5.41) is 13.8. The minimum atomic E-state index is -0.871. The van der Waals surface area contributed by atoms with E-state index in [2.05, 4.69) is 15.3 Å². The van der Waals surface area contributed by atoms with Crippen LogP contribution in [0, 0.1) is 0 Å². The van der Waals surface area contributed by atoms with Gasteiger partial charge in [-0.15, -0.1) is 0 Å². The summed E-state index contributed by atoms with van der Waals surface area (Å²) in [4.78, 5) is 8.72. The van der Waals surface area contributed by atoms with Crippen LogP contribution in [0.25, 0.3) is 0 Å². The van der Waals surface area contributed by atoms with Gasteiger partial charge in [0.15, 0.2) is 0 Å². The Labute approximate surface area is 113 Å². The number of hydrogen-bond acceptors (Lipinski definition) is 4. The molecule has 18 heavy (non-hydrogen) atoms. The maximum atomic E-state index is 10.1. The van der Waals surface area contributed by atoms with E-state index in [0.29, 0.717) is 16.9 Å². The molecule has 0 radical (unpaired) electrons. The summed E-state index contributed by atoms with van der Waals surface area (Å²) in [7, 11) is 0. The second-order valence-corrected chi connectivity index (χ2v) is 6.40. The van der Waals surface area contributed by atoms with Crippen LogP contribution in [0.2, 0.25) is 5.15 Å². The summed E-state index contributed by atoms with van der Waals surface area (Å²) in [5.41, 5.74) is -1.38. The van der Waals surface area contributed by atoms with Crippen LogP contribution in [0.3, 0.4) is 0 Å². The van der Waals surface area contributed by atoms with Crippen molar-refractivity contribution in [2.45, 2.75) is 57.6 Å². The summed E-state index contributed by atoms with van der Waals surface area (Å²) < 4.78 is 0. The summed E-state index contributed by atoms with van der Waals surface area (Å²) in [6, 6.07) is 1.70. The maximum Gasteiger partial charge on any atom is 0.135 e. The average Bonchev–Trinajstić information content (AvgIpc) is 2.96. The predicted octanol–water partition coefficient (Wildman–Crippen LogP) is 2.97. The Morgan fingerprint density at radius 1 is 1.28 bits per heavy atom. The Morgan fingerprint density at radius 3 is 2.39 bits per heavy atom. The standard InChI is InChI=1S/C13H20ClN3O/c1-12(2,13(3,4)18)17-10-7-9(14)15-11(16-10)8-5-6-8/h7-8,18H,5-6H2,1-4H3,(H,15,16,17). The third-order valence-corrected chi connectivity index (χ3v) is 3.82. The molecule has 0 spiro atoms. The van der Waals surface area contributed by atoms with E-state index in [-0.39, 0.29) is 0 Å². The molecule has 1 aliphatic carbocycles. The van der Waals surface area contributed by atoms with Crippen LogP contribution in [0.5, 0.6) is 0 Å². The lowest BCUT2D eigenvalue weighted by Crippen LogP contribution is -2.51. The van der Waals surface area contributed by atoms with Gasteiger partial charge in [-0.25, -0.2) is 9.97 Å². The van der Waals surface area contributed by atoms with Gasteiger partial charge in [0, 0.05) is 12.0 Å². The first-order valence-corrected chi connectivity index (χ1v) is 6.62. The molecule has 0 saturated heterocycles. The Morgan fingerprint density at radius 2 is 1.89 bits per heavy atom. The Hall–Kier alpha value is -0.870. The zero-order valence-electron chi connectivity index (χ0n) is 11.3. The molecule has 1 aliphatic rings. The number of nitrogens with zero attached hydrogens (tertiary/aromatic N) is 2. The summed E-state index contributed by atoms with van der Waals surface area (Å²) >= 11 is 6.01. The van der Waals surface area contributed by atoms with E-state index in [9.17, 15) is 5.11 Å². The van der Waals surface area contributed by atoms with E-state index in [1.165, 1.54) is 0 Å². The quantitative estimate of drug-likeness (QED) is 0.825. The first-order chi connectivity index (χ1) is 8.19. The normalized spacial score (nSPS) is 16.8. The lowest BCUT2D eigenvalue weighted by molar-refractivity contribution is 0.0238. The molecule has 4 nitrogen and oxygen atoms in total. The van der Waals surface area contributed by atoms with E-state index in [1.807, 2.05) is 13.8 Å². The van der Waals surface area contributed by atoms with E-state index in [0.717, 1.165) is 18.7 Å². The fourth-order valence-corrected chi connectivity index (χ4v) is 1.69. The van der Waals surface area contributed by atoms with Gasteiger partial charge in [0.25, 0.3) is 0 Å². The SMILES string of the molecule is CC(C)(O)C(C)(C)Nc1cc(Cl)nc(C2CC2)n1. The molecule has 100 valence electrons. The van der Waals surface area contributed by atoms with Gasteiger partial charge in [0.2, 0.25) is 0 Å². The number of aromatic nitrogens is 2. The molecule has 0 bridgehead atoms. The third kappa shape index (κ3) is 2.93. The van der Waals surface area contributed by atoms with Gasteiger partial charge in [0.05, 0.1) is 11.1 Å². The van der Waals surface area contributed by atoms with Crippen LogP contribution in [-0.4, -0.2) is 26.2 Å². The molecule has 0 atom stereocenters. The smallest absolute Gasteiger partial charge is 0.135 e. The second kappa shape index (κ2) is 4.35. The van der Waals surface area contributed by atoms with Gasteiger partial charge in [-0.2, -0.15) is 0 Å². The first-order valence-electron chi connectivity index (χ1n) is 6.24. The zero-order valence-corrected chi connectivity index (χ0v) is 12.0. The minimum absolute atomic E-state index is 0.445. The van der Waals surface area contributed by atoms with E-state index >= 15 is 0 Å².